The SMILES string of the molecule is Cc1cnn([C@@H](C)c2cnn(C)c2)c1N. The fourth-order valence-corrected chi connectivity index (χ4v) is 1.56. The van der Waals surface area contributed by atoms with Crippen molar-refractivity contribution in [3.05, 3.63) is 29.7 Å². The Balaban J connectivity index is 2.36. The summed E-state index contributed by atoms with van der Waals surface area (Å²) in [4.78, 5) is 0. The van der Waals surface area contributed by atoms with Crippen LogP contribution in [0.5, 0.6) is 0 Å². The smallest absolute Gasteiger partial charge is 0.125 e. The van der Waals surface area contributed by atoms with E-state index in [-0.39, 0.29) is 6.04 Å². The van der Waals surface area contributed by atoms with Crippen molar-refractivity contribution in [2.24, 2.45) is 7.05 Å². The van der Waals surface area contributed by atoms with Gasteiger partial charge >= 0.3 is 0 Å². The molecule has 0 radical (unpaired) electrons. The van der Waals surface area contributed by atoms with Crippen molar-refractivity contribution in [3.8, 4) is 0 Å². The normalized spacial score (nSPS) is 13.0. The van der Waals surface area contributed by atoms with Crippen molar-refractivity contribution >= 4 is 5.82 Å². The van der Waals surface area contributed by atoms with Crippen LogP contribution >= 0.6 is 0 Å². The molecule has 2 aromatic heterocycles. The Morgan fingerprint density at radius 1 is 1.33 bits per heavy atom. The lowest BCUT2D eigenvalue weighted by atomic mass is 10.2. The standard InChI is InChI=1S/C10H15N5/c1-7-4-13-15(10(7)11)8(2)9-5-12-14(3)6-9/h4-6,8H,11H2,1-3H3/t8-/m0/s1. The van der Waals surface area contributed by atoms with Gasteiger partial charge in [0.1, 0.15) is 5.82 Å². The van der Waals surface area contributed by atoms with E-state index in [1.165, 1.54) is 0 Å². The summed E-state index contributed by atoms with van der Waals surface area (Å²) in [6, 6.07) is 0.118. The predicted molar refractivity (Wildman–Crippen MR) is 58.4 cm³/mol. The minimum Gasteiger partial charge on any atom is -0.384 e. The number of hydrogen-bond donors (Lipinski definition) is 1. The molecule has 0 unspecified atom stereocenters. The second-order valence-corrected chi connectivity index (χ2v) is 3.78. The summed E-state index contributed by atoms with van der Waals surface area (Å²) < 4.78 is 3.59. The zero-order chi connectivity index (χ0) is 11.0. The number of anilines is 1. The molecule has 5 nitrogen and oxygen atoms in total. The summed E-state index contributed by atoms with van der Waals surface area (Å²) in [5.74, 6) is 0.714. The summed E-state index contributed by atoms with van der Waals surface area (Å²) >= 11 is 0. The molecule has 2 rings (SSSR count). The number of aromatic nitrogens is 4. The van der Waals surface area contributed by atoms with Crippen molar-refractivity contribution in [1.82, 2.24) is 19.6 Å². The van der Waals surface area contributed by atoms with Gasteiger partial charge in [-0.05, 0) is 13.8 Å². The van der Waals surface area contributed by atoms with E-state index < -0.39 is 0 Å². The number of hydrogen-bond acceptors (Lipinski definition) is 3. The molecule has 5 heteroatoms. The summed E-state index contributed by atoms with van der Waals surface area (Å²) in [5, 5.41) is 8.39. The Labute approximate surface area is 88.5 Å². The van der Waals surface area contributed by atoms with Gasteiger partial charge in [0.2, 0.25) is 0 Å². The van der Waals surface area contributed by atoms with Gasteiger partial charge in [-0.3, -0.25) is 4.68 Å². The first-order valence-corrected chi connectivity index (χ1v) is 4.87. The van der Waals surface area contributed by atoms with E-state index in [1.54, 1.807) is 10.9 Å². The molecule has 0 aromatic carbocycles. The third-order valence-corrected chi connectivity index (χ3v) is 2.60. The van der Waals surface area contributed by atoms with E-state index in [9.17, 15) is 0 Å². The van der Waals surface area contributed by atoms with E-state index in [2.05, 4.69) is 17.1 Å². The highest BCUT2D eigenvalue weighted by Gasteiger charge is 2.13. The van der Waals surface area contributed by atoms with Crippen molar-refractivity contribution in [2.45, 2.75) is 19.9 Å². The van der Waals surface area contributed by atoms with E-state index in [4.69, 9.17) is 5.73 Å². The number of nitrogen functional groups attached to an aromatic ring is 1. The Morgan fingerprint density at radius 2 is 2.07 bits per heavy atom. The van der Waals surface area contributed by atoms with Crippen LogP contribution in [-0.2, 0) is 7.05 Å². The molecular weight excluding hydrogens is 190 g/mol. The van der Waals surface area contributed by atoms with Crippen LogP contribution in [0, 0.1) is 6.92 Å². The van der Waals surface area contributed by atoms with E-state index in [1.807, 2.05) is 31.0 Å². The zero-order valence-electron chi connectivity index (χ0n) is 9.18. The molecule has 0 saturated carbocycles. The molecule has 0 aliphatic heterocycles. The van der Waals surface area contributed by atoms with Crippen LogP contribution in [-0.4, -0.2) is 19.6 Å². The summed E-state index contributed by atoms with van der Waals surface area (Å²) in [6.45, 7) is 4.01. The Morgan fingerprint density at radius 3 is 2.53 bits per heavy atom. The first-order valence-electron chi connectivity index (χ1n) is 4.87. The lowest BCUT2D eigenvalue weighted by Crippen LogP contribution is -2.11. The third-order valence-electron chi connectivity index (χ3n) is 2.60. The number of nitrogens with two attached hydrogens (primary N) is 1. The van der Waals surface area contributed by atoms with E-state index >= 15 is 0 Å². The minimum atomic E-state index is 0.118. The van der Waals surface area contributed by atoms with Crippen molar-refractivity contribution in [1.29, 1.82) is 0 Å². The third kappa shape index (κ3) is 1.60. The number of aryl methyl sites for hydroxylation is 2. The molecular formula is C10H15N5. The van der Waals surface area contributed by atoms with Crippen LogP contribution < -0.4 is 5.73 Å². The highest BCUT2D eigenvalue weighted by molar-refractivity contribution is 5.38. The molecule has 0 fully saturated rings. The summed E-state index contributed by atoms with van der Waals surface area (Å²) in [5.41, 5.74) is 8.03. The van der Waals surface area contributed by atoms with Gasteiger partial charge in [0.15, 0.2) is 0 Å². The maximum atomic E-state index is 5.92. The number of nitrogens with zero attached hydrogens (tertiary/aromatic N) is 4. The van der Waals surface area contributed by atoms with Gasteiger partial charge in [0.05, 0.1) is 18.4 Å². The molecule has 0 aliphatic rings. The average molecular weight is 205 g/mol. The molecule has 0 saturated heterocycles. The topological polar surface area (TPSA) is 61.7 Å². The summed E-state index contributed by atoms with van der Waals surface area (Å²) in [7, 11) is 1.90. The fraction of sp³-hybridized carbons (Fsp3) is 0.400. The van der Waals surface area contributed by atoms with Gasteiger partial charge in [-0.15, -0.1) is 0 Å². The van der Waals surface area contributed by atoms with Crippen LogP contribution in [0.1, 0.15) is 24.1 Å². The quantitative estimate of drug-likeness (QED) is 0.799. The number of rotatable bonds is 2. The first kappa shape index (κ1) is 9.76. The minimum absolute atomic E-state index is 0.118. The summed E-state index contributed by atoms with van der Waals surface area (Å²) in [6.07, 6.45) is 5.59. The molecule has 80 valence electrons. The van der Waals surface area contributed by atoms with Gasteiger partial charge in [-0.1, -0.05) is 0 Å². The van der Waals surface area contributed by atoms with Gasteiger partial charge in [-0.25, -0.2) is 4.68 Å². The van der Waals surface area contributed by atoms with Crippen molar-refractivity contribution in [2.75, 3.05) is 5.73 Å². The first-order chi connectivity index (χ1) is 7.09. The molecule has 0 amide bonds. The van der Waals surface area contributed by atoms with Crippen LogP contribution in [0.4, 0.5) is 5.82 Å². The van der Waals surface area contributed by atoms with Gasteiger partial charge in [0, 0.05) is 24.4 Å². The van der Waals surface area contributed by atoms with Crippen LogP contribution in [0.25, 0.3) is 0 Å². The molecule has 1 atom stereocenters. The van der Waals surface area contributed by atoms with Crippen LogP contribution in [0.15, 0.2) is 18.6 Å². The molecule has 0 spiro atoms. The highest BCUT2D eigenvalue weighted by Crippen LogP contribution is 2.21. The molecule has 15 heavy (non-hydrogen) atoms. The lowest BCUT2D eigenvalue weighted by Gasteiger charge is -2.11. The molecule has 2 aromatic rings. The Kier molecular flexibility index (Phi) is 2.22. The maximum Gasteiger partial charge on any atom is 0.125 e. The highest BCUT2D eigenvalue weighted by atomic mass is 15.3. The largest absolute Gasteiger partial charge is 0.384 e. The fourth-order valence-electron chi connectivity index (χ4n) is 1.56. The maximum absolute atomic E-state index is 5.92. The van der Waals surface area contributed by atoms with Gasteiger partial charge < -0.3 is 5.73 Å². The zero-order valence-corrected chi connectivity index (χ0v) is 9.18. The lowest BCUT2D eigenvalue weighted by molar-refractivity contribution is 0.572. The van der Waals surface area contributed by atoms with Crippen LogP contribution in [0.2, 0.25) is 0 Å². The second-order valence-electron chi connectivity index (χ2n) is 3.78. The van der Waals surface area contributed by atoms with Crippen molar-refractivity contribution in [3.63, 3.8) is 0 Å². The van der Waals surface area contributed by atoms with Gasteiger partial charge in [-0.2, -0.15) is 10.2 Å². The van der Waals surface area contributed by atoms with E-state index in [0.29, 0.717) is 5.82 Å². The Bertz CT molecular complexity index is 468. The predicted octanol–water partition coefficient (Wildman–Crippen LogP) is 1.12. The molecule has 2 N–H and O–H groups in total. The van der Waals surface area contributed by atoms with Crippen LogP contribution in [0.3, 0.4) is 0 Å². The van der Waals surface area contributed by atoms with E-state index in [0.717, 1.165) is 11.1 Å². The molecule has 2 heterocycles. The Hall–Kier alpha value is -1.78. The average Bonchev–Trinajstić information content (AvgIpc) is 2.75. The monoisotopic (exact) mass is 205 g/mol. The van der Waals surface area contributed by atoms with Gasteiger partial charge in [0.25, 0.3) is 0 Å². The molecule has 0 bridgehead atoms. The van der Waals surface area contributed by atoms with Crippen molar-refractivity contribution < 1.29 is 0 Å². The second kappa shape index (κ2) is 3.42. The molecule has 0 aliphatic carbocycles.